The highest BCUT2D eigenvalue weighted by Gasteiger charge is 2.44. The van der Waals surface area contributed by atoms with Crippen LogP contribution in [0, 0.1) is 0 Å². The Hall–Kier alpha value is -2.07. The van der Waals surface area contributed by atoms with Crippen LogP contribution in [0.1, 0.15) is 23.5 Å². The lowest BCUT2D eigenvalue weighted by atomic mass is 9.98. The van der Waals surface area contributed by atoms with Crippen molar-refractivity contribution in [3.05, 3.63) is 44.3 Å². The fourth-order valence-corrected chi connectivity index (χ4v) is 4.62. The fraction of sp³-hybridized carbons (Fsp3) is 0.278. The van der Waals surface area contributed by atoms with E-state index in [-0.39, 0.29) is 37.1 Å². The first-order chi connectivity index (χ1) is 13.2. The molecule has 2 aliphatic rings. The number of carboxylic acids is 1. The molecule has 0 aromatic heterocycles. The molecule has 1 unspecified atom stereocenters. The Bertz CT molecular complexity index is 966. The third kappa shape index (κ3) is 3.50. The van der Waals surface area contributed by atoms with Crippen LogP contribution < -0.4 is 18.9 Å². The van der Waals surface area contributed by atoms with Gasteiger partial charge in [0, 0.05) is 17.0 Å². The fourth-order valence-electron chi connectivity index (χ4n) is 3.13. The molecule has 28 heavy (non-hydrogen) atoms. The molecule has 1 atom stereocenters. The average molecular weight is 522 g/mol. The van der Waals surface area contributed by atoms with E-state index in [0.717, 1.165) is 5.56 Å². The molecule has 0 aliphatic carbocycles. The Labute approximate surface area is 174 Å². The van der Waals surface area contributed by atoms with Gasteiger partial charge in [-0.05, 0) is 44.0 Å². The van der Waals surface area contributed by atoms with Crippen LogP contribution >= 0.6 is 31.9 Å². The smallest absolute Gasteiger partial charge is 0.491 e. The standard InChI is InChI=1S/C18H12Br2F2O6/c19-11-5-10-9(4-13(23)24)7-25-16(10)14(20)17(11)26-6-8-2-1-3-12-15(8)28-18(21,22)27-12/h1-3,5,9H,4,6-7H2,(H,23,24). The van der Waals surface area contributed by atoms with E-state index >= 15 is 0 Å². The van der Waals surface area contributed by atoms with Crippen molar-refractivity contribution in [3.8, 4) is 23.0 Å². The molecule has 6 nitrogen and oxygen atoms in total. The minimum atomic E-state index is -3.71. The minimum absolute atomic E-state index is 0.0478. The number of hydrogen-bond acceptors (Lipinski definition) is 5. The second kappa shape index (κ2) is 7.07. The molecule has 0 fully saturated rings. The third-order valence-electron chi connectivity index (χ3n) is 4.33. The lowest BCUT2D eigenvalue weighted by molar-refractivity contribution is -0.287. The van der Waals surface area contributed by atoms with Gasteiger partial charge in [0.1, 0.15) is 16.8 Å². The molecule has 0 saturated heterocycles. The van der Waals surface area contributed by atoms with Gasteiger partial charge >= 0.3 is 12.3 Å². The summed E-state index contributed by atoms with van der Waals surface area (Å²) in [7, 11) is 0. The number of para-hydroxylation sites is 1. The van der Waals surface area contributed by atoms with E-state index in [1.54, 1.807) is 18.2 Å². The van der Waals surface area contributed by atoms with E-state index < -0.39 is 12.3 Å². The molecule has 1 N–H and O–H groups in total. The van der Waals surface area contributed by atoms with Gasteiger partial charge in [-0.25, -0.2) is 0 Å². The van der Waals surface area contributed by atoms with Gasteiger partial charge in [-0.1, -0.05) is 12.1 Å². The van der Waals surface area contributed by atoms with Crippen LogP contribution in [0.2, 0.25) is 0 Å². The van der Waals surface area contributed by atoms with Crippen LogP contribution in [0.4, 0.5) is 8.78 Å². The van der Waals surface area contributed by atoms with Crippen molar-refractivity contribution in [1.82, 2.24) is 0 Å². The van der Waals surface area contributed by atoms with Crippen LogP contribution in [-0.2, 0) is 11.4 Å². The molecule has 2 aromatic rings. The molecule has 2 heterocycles. The Balaban J connectivity index is 1.58. The zero-order valence-corrected chi connectivity index (χ0v) is 17.2. The largest absolute Gasteiger partial charge is 0.586 e. The number of carbonyl (C=O) groups is 1. The summed E-state index contributed by atoms with van der Waals surface area (Å²) in [5.41, 5.74) is 1.14. The number of alkyl halides is 2. The normalized spacial score (nSPS) is 18.5. The highest BCUT2D eigenvalue weighted by molar-refractivity contribution is 9.11. The number of ether oxygens (including phenoxy) is 4. The van der Waals surface area contributed by atoms with Crippen molar-refractivity contribution in [3.63, 3.8) is 0 Å². The first-order valence-electron chi connectivity index (χ1n) is 8.12. The Morgan fingerprint density at radius 2 is 2.07 bits per heavy atom. The first kappa shape index (κ1) is 19.3. The Kier molecular flexibility index (Phi) is 4.86. The van der Waals surface area contributed by atoms with Gasteiger partial charge in [-0.2, -0.15) is 0 Å². The monoisotopic (exact) mass is 520 g/mol. The van der Waals surface area contributed by atoms with Gasteiger partial charge in [0.2, 0.25) is 0 Å². The molecule has 10 heteroatoms. The molecule has 2 aliphatic heterocycles. The third-order valence-corrected chi connectivity index (χ3v) is 5.64. The molecule has 0 saturated carbocycles. The van der Waals surface area contributed by atoms with Gasteiger partial charge in [0.15, 0.2) is 17.2 Å². The molecular weight excluding hydrogens is 510 g/mol. The molecule has 4 rings (SSSR count). The number of fused-ring (bicyclic) bond motifs is 2. The first-order valence-corrected chi connectivity index (χ1v) is 9.71. The van der Waals surface area contributed by atoms with Crippen molar-refractivity contribution in [2.24, 2.45) is 0 Å². The predicted octanol–water partition coefficient (Wildman–Crippen LogP) is 5.06. The van der Waals surface area contributed by atoms with Crippen LogP contribution in [0.15, 0.2) is 33.2 Å². The van der Waals surface area contributed by atoms with Crippen molar-refractivity contribution in [2.75, 3.05) is 6.61 Å². The zero-order valence-electron chi connectivity index (χ0n) is 14.0. The van der Waals surface area contributed by atoms with E-state index in [1.165, 1.54) is 6.07 Å². The van der Waals surface area contributed by atoms with Gasteiger partial charge in [0.25, 0.3) is 0 Å². The van der Waals surface area contributed by atoms with Crippen molar-refractivity contribution >= 4 is 37.8 Å². The molecule has 0 spiro atoms. The minimum Gasteiger partial charge on any atom is -0.491 e. The van der Waals surface area contributed by atoms with Crippen molar-refractivity contribution in [1.29, 1.82) is 0 Å². The maximum atomic E-state index is 13.3. The van der Waals surface area contributed by atoms with Gasteiger partial charge < -0.3 is 24.1 Å². The number of halogens is 4. The summed E-state index contributed by atoms with van der Waals surface area (Å²) in [5.74, 6) is -0.395. The van der Waals surface area contributed by atoms with Crippen LogP contribution in [-0.4, -0.2) is 24.0 Å². The number of hydrogen-bond donors (Lipinski definition) is 1. The Morgan fingerprint density at radius 1 is 1.29 bits per heavy atom. The SMILES string of the molecule is O=C(O)CC1COc2c1cc(Br)c(OCc1cccc3c1OC(F)(F)O3)c2Br. The van der Waals surface area contributed by atoms with E-state index in [0.29, 0.717) is 26.0 Å². The van der Waals surface area contributed by atoms with Crippen molar-refractivity contribution < 1.29 is 37.6 Å². The molecular formula is C18H12Br2F2O6. The summed E-state index contributed by atoms with van der Waals surface area (Å²) in [4.78, 5) is 11.0. The molecule has 148 valence electrons. The summed E-state index contributed by atoms with van der Waals surface area (Å²) in [5, 5.41) is 9.04. The average Bonchev–Trinajstić information content (AvgIpc) is 3.13. The Morgan fingerprint density at radius 3 is 2.82 bits per heavy atom. The topological polar surface area (TPSA) is 74.2 Å². The summed E-state index contributed by atoms with van der Waals surface area (Å²) in [6.45, 7) is 0.194. The van der Waals surface area contributed by atoms with Crippen LogP contribution in [0.25, 0.3) is 0 Å². The molecule has 0 radical (unpaired) electrons. The molecule has 0 amide bonds. The van der Waals surface area contributed by atoms with Crippen molar-refractivity contribution in [2.45, 2.75) is 25.2 Å². The highest BCUT2D eigenvalue weighted by atomic mass is 79.9. The number of benzene rings is 2. The summed E-state index contributed by atoms with van der Waals surface area (Å²) in [6, 6.07) is 6.30. The quantitative estimate of drug-likeness (QED) is 0.592. The molecule has 0 bridgehead atoms. The maximum Gasteiger partial charge on any atom is 0.586 e. The van der Waals surface area contributed by atoms with E-state index in [9.17, 15) is 13.6 Å². The van der Waals surface area contributed by atoms with Gasteiger partial charge in [-0.3, -0.25) is 4.79 Å². The summed E-state index contributed by atoms with van der Waals surface area (Å²) in [6.07, 6.45) is -3.76. The summed E-state index contributed by atoms with van der Waals surface area (Å²) < 4.78 is 48.2. The van der Waals surface area contributed by atoms with Crippen LogP contribution in [0.3, 0.4) is 0 Å². The second-order valence-corrected chi connectivity index (χ2v) is 7.87. The van der Waals surface area contributed by atoms with E-state index in [2.05, 4.69) is 41.3 Å². The second-order valence-electron chi connectivity index (χ2n) is 6.23. The zero-order chi connectivity index (χ0) is 20.1. The highest BCUT2D eigenvalue weighted by Crippen LogP contribution is 2.50. The van der Waals surface area contributed by atoms with E-state index in [1.807, 2.05) is 0 Å². The number of aliphatic carboxylic acids is 1. The number of carboxylic acid groups (broad SMARTS) is 1. The van der Waals surface area contributed by atoms with Gasteiger partial charge in [0.05, 0.1) is 17.5 Å². The van der Waals surface area contributed by atoms with Crippen LogP contribution in [0.5, 0.6) is 23.0 Å². The van der Waals surface area contributed by atoms with E-state index in [4.69, 9.17) is 14.6 Å². The van der Waals surface area contributed by atoms with Gasteiger partial charge in [-0.15, -0.1) is 8.78 Å². The lowest BCUT2D eigenvalue weighted by Gasteiger charge is -2.15. The summed E-state index contributed by atoms with van der Waals surface area (Å²) >= 11 is 6.84. The molecule has 2 aromatic carbocycles. The predicted molar refractivity (Wildman–Crippen MR) is 99.3 cm³/mol. The number of rotatable bonds is 5. The lowest BCUT2D eigenvalue weighted by Crippen LogP contribution is -2.26. The maximum absolute atomic E-state index is 13.3.